The largest absolute Gasteiger partial charge is 0.416 e. The summed E-state index contributed by atoms with van der Waals surface area (Å²) >= 11 is 1.44. The molecule has 0 fully saturated rings. The summed E-state index contributed by atoms with van der Waals surface area (Å²) in [6, 6.07) is 6.36. The Hall–Kier alpha value is -1.36. The van der Waals surface area contributed by atoms with Gasteiger partial charge in [-0.2, -0.15) is 0 Å². The van der Waals surface area contributed by atoms with Crippen LogP contribution in [0.5, 0.6) is 0 Å². The van der Waals surface area contributed by atoms with E-state index in [4.69, 9.17) is 4.42 Å². The fourth-order valence-electron chi connectivity index (χ4n) is 1.06. The molecule has 0 aliphatic carbocycles. The van der Waals surface area contributed by atoms with Crippen LogP contribution in [-0.2, 0) is 5.75 Å². The van der Waals surface area contributed by atoms with Crippen molar-refractivity contribution in [2.75, 3.05) is 0 Å². The third-order valence-electron chi connectivity index (χ3n) is 1.78. The molecule has 2 aromatic rings. The maximum absolute atomic E-state index is 12.6. The van der Waals surface area contributed by atoms with Crippen LogP contribution in [0.3, 0.4) is 0 Å². The van der Waals surface area contributed by atoms with E-state index in [0.29, 0.717) is 16.9 Å². The van der Waals surface area contributed by atoms with E-state index in [2.05, 4.69) is 10.2 Å². The van der Waals surface area contributed by atoms with Crippen molar-refractivity contribution >= 4 is 11.8 Å². The van der Waals surface area contributed by atoms with Gasteiger partial charge in [0.25, 0.3) is 5.22 Å². The van der Waals surface area contributed by atoms with Crippen LogP contribution in [0.15, 0.2) is 33.9 Å². The van der Waals surface area contributed by atoms with Gasteiger partial charge in [-0.25, -0.2) is 4.39 Å². The Morgan fingerprint density at radius 2 is 2.00 bits per heavy atom. The number of hydrogen-bond donors (Lipinski definition) is 0. The fourth-order valence-corrected chi connectivity index (χ4v) is 1.82. The number of aryl methyl sites for hydroxylation is 1. The Morgan fingerprint density at radius 3 is 2.60 bits per heavy atom. The van der Waals surface area contributed by atoms with Gasteiger partial charge in [0.2, 0.25) is 5.89 Å². The maximum atomic E-state index is 12.6. The zero-order valence-electron chi connectivity index (χ0n) is 8.11. The lowest BCUT2D eigenvalue weighted by Gasteiger charge is -1.97. The second-order valence-corrected chi connectivity index (χ2v) is 3.93. The van der Waals surface area contributed by atoms with Gasteiger partial charge < -0.3 is 4.42 Å². The molecule has 0 amide bonds. The van der Waals surface area contributed by atoms with Crippen LogP contribution in [0.4, 0.5) is 4.39 Å². The van der Waals surface area contributed by atoms with Crippen molar-refractivity contribution in [1.29, 1.82) is 0 Å². The quantitative estimate of drug-likeness (QED) is 0.751. The first-order valence-corrected chi connectivity index (χ1v) is 5.40. The molecule has 3 nitrogen and oxygen atoms in total. The highest BCUT2D eigenvalue weighted by atomic mass is 32.2. The second kappa shape index (κ2) is 4.44. The molecule has 1 heterocycles. The van der Waals surface area contributed by atoms with E-state index in [1.807, 2.05) is 0 Å². The monoisotopic (exact) mass is 224 g/mol. The summed E-state index contributed by atoms with van der Waals surface area (Å²) in [6.07, 6.45) is 0. The van der Waals surface area contributed by atoms with Crippen LogP contribution in [0, 0.1) is 12.7 Å². The molecule has 0 saturated heterocycles. The van der Waals surface area contributed by atoms with Crippen LogP contribution in [-0.4, -0.2) is 10.2 Å². The summed E-state index contributed by atoms with van der Waals surface area (Å²) < 4.78 is 17.8. The predicted molar refractivity (Wildman–Crippen MR) is 55.0 cm³/mol. The van der Waals surface area contributed by atoms with Crippen molar-refractivity contribution in [2.45, 2.75) is 17.9 Å². The lowest BCUT2D eigenvalue weighted by Crippen LogP contribution is -1.81. The Labute approximate surface area is 90.7 Å². The summed E-state index contributed by atoms with van der Waals surface area (Å²) in [6.45, 7) is 1.74. The van der Waals surface area contributed by atoms with Crippen molar-refractivity contribution in [3.8, 4) is 0 Å². The van der Waals surface area contributed by atoms with Crippen LogP contribution in [0.1, 0.15) is 11.5 Å². The van der Waals surface area contributed by atoms with Gasteiger partial charge in [-0.1, -0.05) is 23.9 Å². The van der Waals surface area contributed by atoms with Gasteiger partial charge in [0.1, 0.15) is 5.82 Å². The first-order valence-electron chi connectivity index (χ1n) is 4.41. The number of benzene rings is 1. The topological polar surface area (TPSA) is 38.9 Å². The average Bonchev–Trinajstić information content (AvgIpc) is 2.64. The minimum Gasteiger partial charge on any atom is -0.416 e. The Kier molecular flexibility index (Phi) is 3.01. The minimum atomic E-state index is -0.225. The SMILES string of the molecule is Cc1nnc(SCc2ccc(F)cc2)o1. The third-order valence-corrected chi connectivity index (χ3v) is 2.67. The second-order valence-electron chi connectivity index (χ2n) is 3.00. The summed E-state index contributed by atoms with van der Waals surface area (Å²) in [5, 5.41) is 8.10. The lowest BCUT2D eigenvalue weighted by molar-refractivity contribution is 0.429. The van der Waals surface area contributed by atoms with Crippen LogP contribution in [0.25, 0.3) is 0 Å². The van der Waals surface area contributed by atoms with Crippen LogP contribution < -0.4 is 0 Å². The normalized spacial score (nSPS) is 10.5. The fraction of sp³-hybridized carbons (Fsp3) is 0.200. The smallest absolute Gasteiger partial charge is 0.276 e. The summed E-state index contributed by atoms with van der Waals surface area (Å²) in [5.74, 6) is 1.02. The molecule has 0 radical (unpaired) electrons. The summed E-state index contributed by atoms with van der Waals surface area (Å²) in [7, 11) is 0. The first kappa shape index (κ1) is 10.2. The van der Waals surface area contributed by atoms with Crippen molar-refractivity contribution in [3.05, 3.63) is 41.5 Å². The van der Waals surface area contributed by atoms with Gasteiger partial charge in [0.15, 0.2) is 0 Å². The zero-order chi connectivity index (χ0) is 10.7. The van der Waals surface area contributed by atoms with Crippen LogP contribution in [0.2, 0.25) is 0 Å². The predicted octanol–water partition coefficient (Wildman–Crippen LogP) is 2.81. The molecule has 1 aromatic carbocycles. The summed E-state index contributed by atoms with van der Waals surface area (Å²) in [4.78, 5) is 0. The Morgan fingerprint density at radius 1 is 1.27 bits per heavy atom. The van der Waals surface area contributed by atoms with E-state index in [1.165, 1.54) is 23.9 Å². The molecule has 2 rings (SSSR count). The van der Waals surface area contributed by atoms with Crippen molar-refractivity contribution in [1.82, 2.24) is 10.2 Å². The molecule has 0 aliphatic rings. The van der Waals surface area contributed by atoms with Gasteiger partial charge in [0, 0.05) is 12.7 Å². The van der Waals surface area contributed by atoms with Gasteiger partial charge in [-0.05, 0) is 17.7 Å². The standard InChI is InChI=1S/C10H9FN2OS/c1-7-12-13-10(14-7)15-6-8-2-4-9(11)5-3-8/h2-5H,6H2,1H3. The van der Waals surface area contributed by atoms with Crippen molar-refractivity contribution < 1.29 is 8.81 Å². The molecule has 78 valence electrons. The Balaban J connectivity index is 1.96. The summed E-state index contributed by atoms with van der Waals surface area (Å²) in [5.41, 5.74) is 1.03. The molecule has 0 aliphatic heterocycles. The van der Waals surface area contributed by atoms with Crippen molar-refractivity contribution in [2.24, 2.45) is 0 Å². The van der Waals surface area contributed by atoms with E-state index >= 15 is 0 Å². The first-order chi connectivity index (χ1) is 7.24. The number of halogens is 1. The van der Waals surface area contributed by atoms with E-state index in [1.54, 1.807) is 19.1 Å². The number of rotatable bonds is 3. The molecule has 0 bridgehead atoms. The third kappa shape index (κ3) is 2.79. The Bertz CT molecular complexity index is 441. The zero-order valence-corrected chi connectivity index (χ0v) is 8.92. The molecule has 0 atom stereocenters. The molecule has 0 spiro atoms. The molecular formula is C10H9FN2OS. The van der Waals surface area contributed by atoms with Gasteiger partial charge in [-0.15, -0.1) is 10.2 Å². The number of thioether (sulfide) groups is 1. The highest BCUT2D eigenvalue weighted by Crippen LogP contribution is 2.21. The molecule has 5 heteroatoms. The van der Waals surface area contributed by atoms with E-state index in [9.17, 15) is 4.39 Å². The molecule has 0 saturated carbocycles. The van der Waals surface area contributed by atoms with Gasteiger partial charge in [-0.3, -0.25) is 0 Å². The van der Waals surface area contributed by atoms with E-state index < -0.39 is 0 Å². The van der Waals surface area contributed by atoms with E-state index in [0.717, 1.165) is 5.56 Å². The number of nitrogens with zero attached hydrogens (tertiary/aromatic N) is 2. The number of hydrogen-bond acceptors (Lipinski definition) is 4. The highest BCUT2D eigenvalue weighted by molar-refractivity contribution is 7.98. The van der Waals surface area contributed by atoms with Gasteiger partial charge >= 0.3 is 0 Å². The van der Waals surface area contributed by atoms with E-state index in [-0.39, 0.29) is 5.82 Å². The van der Waals surface area contributed by atoms with Crippen LogP contribution >= 0.6 is 11.8 Å². The molecular weight excluding hydrogens is 215 g/mol. The average molecular weight is 224 g/mol. The maximum Gasteiger partial charge on any atom is 0.276 e. The molecule has 0 N–H and O–H groups in total. The molecule has 1 aromatic heterocycles. The van der Waals surface area contributed by atoms with Gasteiger partial charge in [0.05, 0.1) is 0 Å². The molecule has 15 heavy (non-hydrogen) atoms. The highest BCUT2D eigenvalue weighted by Gasteiger charge is 2.03. The molecule has 0 unspecified atom stereocenters. The lowest BCUT2D eigenvalue weighted by atomic mass is 10.2. The number of aromatic nitrogens is 2. The minimum absolute atomic E-state index is 0.225. The van der Waals surface area contributed by atoms with Crippen molar-refractivity contribution in [3.63, 3.8) is 0 Å².